The molecule has 0 aromatic rings. The molecule has 1 unspecified atom stereocenters. The van der Waals surface area contributed by atoms with Crippen LogP contribution in [0.15, 0.2) is 0 Å². The number of hydrogen-bond acceptors (Lipinski definition) is 3. The Hall–Kier alpha value is -0.120. The van der Waals surface area contributed by atoms with E-state index in [9.17, 15) is 0 Å². The van der Waals surface area contributed by atoms with Crippen LogP contribution in [-0.2, 0) is 4.89 Å². The summed E-state index contributed by atoms with van der Waals surface area (Å²) in [6, 6.07) is 0. The number of rotatable bonds is 5. The molecule has 2 N–H and O–H groups in total. The van der Waals surface area contributed by atoms with Gasteiger partial charge < -0.3 is 5.11 Å². The molecule has 0 bridgehead atoms. The summed E-state index contributed by atoms with van der Waals surface area (Å²) in [6.07, 6.45) is 3.52. The zero-order chi connectivity index (χ0) is 8.04. The van der Waals surface area contributed by atoms with E-state index < -0.39 is 5.79 Å². The van der Waals surface area contributed by atoms with Crippen molar-refractivity contribution in [2.24, 2.45) is 0 Å². The third-order valence-electron chi connectivity index (χ3n) is 1.44. The average Bonchev–Trinajstić information content (AvgIpc) is 1.89. The van der Waals surface area contributed by atoms with Crippen molar-refractivity contribution in [1.82, 2.24) is 0 Å². The van der Waals surface area contributed by atoms with Gasteiger partial charge in [-0.3, -0.25) is 0 Å². The van der Waals surface area contributed by atoms with Crippen LogP contribution in [0.3, 0.4) is 0 Å². The Morgan fingerprint density at radius 2 is 2.00 bits per heavy atom. The standard InChI is InChI=1S/C7H16O3/c1-3-4-5-6-7(2,8)10-9/h8-9H,3-6H2,1-2H3. The van der Waals surface area contributed by atoms with Gasteiger partial charge in [-0.25, -0.2) is 10.1 Å². The third-order valence-corrected chi connectivity index (χ3v) is 1.44. The van der Waals surface area contributed by atoms with Crippen LogP contribution in [0.4, 0.5) is 0 Å². The molecule has 0 saturated heterocycles. The molecular weight excluding hydrogens is 132 g/mol. The van der Waals surface area contributed by atoms with Crippen molar-refractivity contribution in [2.75, 3.05) is 0 Å². The van der Waals surface area contributed by atoms with E-state index in [1.54, 1.807) is 0 Å². The molecular formula is C7H16O3. The Labute approximate surface area is 61.6 Å². The molecule has 0 radical (unpaired) electrons. The highest BCUT2D eigenvalue weighted by Crippen LogP contribution is 2.13. The highest BCUT2D eigenvalue weighted by molar-refractivity contribution is 4.56. The minimum Gasteiger partial charge on any atom is -0.363 e. The molecule has 62 valence electrons. The van der Waals surface area contributed by atoms with Gasteiger partial charge in [0.25, 0.3) is 0 Å². The van der Waals surface area contributed by atoms with Crippen LogP contribution >= 0.6 is 0 Å². The van der Waals surface area contributed by atoms with E-state index in [4.69, 9.17) is 10.4 Å². The summed E-state index contributed by atoms with van der Waals surface area (Å²) in [4.78, 5) is 3.84. The van der Waals surface area contributed by atoms with Gasteiger partial charge >= 0.3 is 0 Å². The fourth-order valence-electron chi connectivity index (χ4n) is 0.749. The molecule has 0 rings (SSSR count). The largest absolute Gasteiger partial charge is 0.363 e. The smallest absolute Gasteiger partial charge is 0.196 e. The maximum atomic E-state index is 9.08. The maximum absolute atomic E-state index is 9.08. The molecule has 3 heteroatoms. The van der Waals surface area contributed by atoms with E-state index in [0.29, 0.717) is 6.42 Å². The zero-order valence-electron chi connectivity index (χ0n) is 6.63. The van der Waals surface area contributed by atoms with Gasteiger partial charge in [0, 0.05) is 6.42 Å². The average molecular weight is 148 g/mol. The molecule has 0 aromatic carbocycles. The molecule has 0 saturated carbocycles. The molecule has 0 aliphatic rings. The SMILES string of the molecule is CCCCCC(C)(O)OO. The molecule has 1 atom stereocenters. The van der Waals surface area contributed by atoms with Crippen molar-refractivity contribution in [3.05, 3.63) is 0 Å². The fraction of sp³-hybridized carbons (Fsp3) is 1.00. The van der Waals surface area contributed by atoms with Crippen LogP contribution in [-0.4, -0.2) is 16.2 Å². The van der Waals surface area contributed by atoms with Gasteiger partial charge in [-0.1, -0.05) is 19.8 Å². The Balaban J connectivity index is 3.28. The van der Waals surface area contributed by atoms with Gasteiger partial charge in [-0.05, 0) is 13.3 Å². The zero-order valence-corrected chi connectivity index (χ0v) is 6.63. The lowest BCUT2D eigenvalue weighted by atomic mass is 10.1. The molecule has 0 heterocycles. The normalized spacial score (nSPS) is 16.8. The summed E-state index contributed by atoms with van der Waals surface area (Å²) in [5.41, 5.74) is 0. The molecule has 0 aliphatic carbocycles. The maximum Gasteiger partial charge on any atom is 0.196 e. The minimum absolute atomic E-state index is 0.483. The van der Waals surface area contributed by atoms with E-state index in [0.717, 1.165) is 19.3 Å². The first kappa shape index (κ1) is 9.88. The van der Waals surface area contributed by atoms with Crippen LogP contribution in [0.5, 0.6) is 0 Å². The third kappa shape index (κ3) is 4.73. The minimum atomic E-state index is -1.35. The van der Waals surface area contributed by atoms with Crippen molar-refractivity contribution in [3.8, 4) is 0 Å². The van der Waals surface area contributed by atoms with E-state index in [2.05, 4.69) is 11.8 Å². The summed E-state index contributed by atoms with van der Waals surface area (Å²) in [5.74, 6) is -1.35. The number of unbranched alkanes of at least 4 members (excludes halogenated alkanes) is 2. The van der Waals surface area contributed by atoms with Crippen molar-refractivity contribution in [3.63, 3.8) is 0 Å². The molecule has 0 fully saturated rings. The van der Waals surface area contributed by atoms with E-state index in [1.165, 1.54) is 6.92 Å². The van der Waals surface area contributed by atoms with Crippen molar-refractivity contribution < 1.29 is 15.3 Å². The van der Waals surface area contributed by atoms with E-state index >= 15 is 0 Å². The van der Waals surface area contributed by atoms with Gasteiger partial charge in [-0.2, -0.15) is 0 Å². The van der Waals surface area contributed by atoms with Crippen LogP contribution in [0, 0.1) is 0 Å². The summed E-state index contributed by atoms with van der Waals surface area (Å²) in [5, 5.41) is 17.2. The summed E-state index contributed by atoms with van der Waals surface area (Å²) < 4.78 is 0. The topological polar surface area (TPSA) is 49.7 Å². The van der Waals surface area contributed by atoms with Crippen LogP contribution in [0.1, 0.15) is 39.5 Å². The van der Waals surface area contributed by atoms with Gasteiger partial charge in [-0.15, -0.1) is 0 Å². The summed E-state index contributed by atoms with van der Waals surface area (Å²) in [7, 11) is 0. The predicted octanol–water partition coefficient (Wildman–Crippen LogP) is 1.76. The fourth-order valence-corrected chi connectivity index (χ4v) is 0.749. The number of aliphatic hydroxyl groups is 1. The van der Waals surface area contributed by atoms with Crippen molar-refractivity contribution in [2.45, 2.75) is 45.3 Å². The Morgan fingerprint density at radius 3 is 2.40 bits per heavy atom. The lowest BCUT2D eigenvalue weighted by molar-refractivity contribution is -0.387. The lowest BCUT2D eigenvalue weighted by Gasteiger charge is -2.17. The quantitative estimate of drug-likeness (QED) is 0.270. The van der Waals surface area contributed by atoms with Gasteiger partial charge in [0.1, 0.15) is 0 Å². The van der Waals surface area contributed by atoms with Gasteiger partial charge in [0.2, 0.25) is 0 Å². The summed E-state index contributed by atoms with van der Waals surface area (Å²) >= 11 is 0. The first-order valence-corrected chi connectivity index (χ1v) is 3.67. The van der Waals surface area contributed by atoms with Crippen LogP contribution < -0.4 is 0 Å². The van der Waals surface area contributed by atoms with E-state index in [-0.39, 0.29) is 0 Å². The molecule has 10 heavy (non-hydrogen) atoms. The van der Waals surface area contributed by atoms with Gasteiger partial charge in [0.05, 0.1) is 0 Å². The number of hydrogen-bond donors (Lipinski definition) is 2. The second kappa shape index (κ2) is 4.66. The highest BCUT2D eigenvalue weighted by atomic mass is 17.1. The second-order valence-corrected chi connectivity index (χ2v) is 2.72. The van der Waals surface area contributed by atoms with Crippen molar-refractivity contribution in [1.29, 1.82) is 0 Å². The molecule has 0 amide bonds. The molecule has 3 nitrogen and oxygen atoms in total. The first-order chi connectivity index (χ1) is 4.62. The lowest BCUT2D eigenvalue weighted by Crippen LogP contribution is -2.26. The van der Waals surface area contributed by atoms with Crippen molar-refractivity contribution >= 4 is 0 Å². The summed E-state index contributed by atoms with van der Waals surface area (Å²) in [6.45, 7) is 3.52. The van der Waals surface area contributed by atoms with E-state index in [1.807, 2.05) is 0 Å². The molecule has 0 aliphatic heterocycles. The highest BCUT2D eigenvalue weighted by Gasteiger charge is 2.19. The Kier molecular flexibility index (Phi) is 4.60. The first-order valence-electron chi connectivity index (χ1n) is 3.67. The van der Waals surface area contributed by atoms with Crippen LogP contribution in [0.25, 0.3) is 0 Å². The Bertz CT molecular complexity index is 80.9. The monoisotopic (exact) mass is 148 g/mol. The van der Waals surface area contributed by atoms with Crippen LogP contribution in [0.2, 0.25) is 0 Å². The molecule has 0 aromatic heterocycles. The van der Waals surface area contributed by atoms with Gasteiger partial charge in [0.15, 0.2) is 5.79 Å². The second-order valence-electron chi connectivity index (χ2n) is 2.72. The molecule has 0 spiro atoms. The Morgan fingerprint density at radius 1 is 1.40 bits per heavy atom. The predicted molar refractivity (Wildman–Crippen MR) is 38.5 cm³/mol.